The van der Waals surface area contributed by atoms with Gasteiger partial charge in [-0.2, -0.15) is 0 Å². The molecule has 0 radical (unpaired) electrons. The lowest BCUT2D eigenvalue weighted by Gasteiger charge is -2.19. The number of nitrogens with zero attached hydrogens (tertiary/aromatic N) is 1. The molecule has 0 amide bonds. The van der Waals surface area contributed by atoms with Crippen molar-refractivity contribution in [2.45, 2.75) is 13.0 Å². The fraction of sp³-hybridized carbons (Fsp3) is 0.429. The molecule has 3 rings (SSSR count). The van der Waals surface area contributed by atoms with Crippen LogP contribution in [0.15, 0.2) is 18.2 Å². The van der Waals surface area contributed by atoms with E-state index in [1.165, 1.54) is 12.1 Å². The molecule has 2 fully saturated rings. The molecule has 0 spiro atoms. The van der Waals surface area contributed by atoms with Crippen LogP contribution in [0.2, 0.25) is 5.02 Å². The van der Waals surface area contributed by atoms with Crippen LogP contribution in [0.1, 0.15) is 12.0 Å². The van der Waals surface area contributed by atoms with E-state index in [-0.39, 0.29) is 24.5 Å². The summed E-state index contributed by atoms with van der Waals surface area (Å²) in [4.78, 5) is 24.6. The van der Waals surface area contributed by atoms with E-state index in [1.807, 2.05) is 0 Å². The van der Waals surface area contributed by atoms with Crippen molar-refractivity contribution < 1.29 is 24.2 Å². The van der Waals surface area contributed by atoms with Crippen molar-refractivity contribution in [2.75, 3.05) is 13.1 Å². The zero-order chi connectivity index (χ0) is 15.4. The van der Waals surface area contributed by atoms with Gasteiger partial charge in [-0.25, -0.2) is 4.39 Å². The van der Waals surface area contributed by atoms with E-state index in [2.05, 4.69) is 0 Å². The molecule has 1 aromatic carbocycles. The third-order valence-electron chi connectivity index (χ3n) is 4.59. The minimum absolute atomic E-state index is 0.00208. The maximum Gasteiger partial charge on any atom is 0.312 e. The first kappa shape index (κ1) is 14.3. The van der Waals surface area contributed by atoms with Crippen LogP contribution in [-0.4, -0.2) is 40.1 Å². The minimum Gasteiger partial charge on any atom is -0.481 e. The normalized spacial score (nSPS) is 31.0. The van der Waals surface area contributed by atoms with Crippen molar-refractivity contribution in [3.05, 3.63) is 34.6 Å². The molecule has 2 N–H and O–H groups in total. The monoisotopic (exact) mass is 313 g/mol. The van der Waals surface area contributed by atoms with Crippen LogP contribution >= 0.6 is 11.6 Å². The Morgan fingerprint density at radius 2 is 1.81 bits per heavy atom. The predicted octanol–water partition coefficient (Wildman–Crippen LogP) is 1.84. The number of likely N-dealkylation sites (tertiary alicyclic amines) is 1. The number of carboxylic acid groups (broad SMARTS) is 2. The topological polar surface area (TPSA) is 77.8 Å². The third-order valence-corrected chi connectivity index (χ3v) is 4.88. The lowest BCUT2D eigenvalue weighted by atomic mass is 9.97. The number of fused-ring (bicyclic) bond motifs is 1. The van der Waals surface area contributed by atoms with Crippen molar-refractivity contribution >= 4 is 23.5 Å². The molecule has 5 nitrogen and oxygen atoms in total. The summed E-state index contributed by atoms with van der Waals surface area (Å²) < 4.78 is 13.1. The first-order valence-corrected chi connectivity index (χ1v) is 6.82. The van der Waals surface area contributed by atoms with E-state index in [9.17, 15) is 24.2 Å². The Kier molecular flexibility index (Phi) is 3.00. The molecule has 1 saturated heterocycles. The lowest BCUT2D eigenvalue weighted by Crippen LogP contribution is -2.28. The quantitative estimate of drug-likeness (QED) is 0.887. The Labute approximate surface area is 124 Å². The number of carboxylic acids is 2. The molecule has 1 aliphatic carbocycles. The SMILES string of the molecule is O=C(O)[C@@]12CN(Cc3ccc(F)c(Cl)c3)C[C@]1(C(=O)O)C2. The number of piperidine rings is 1. The van der Waals surface area contributed by atoms with E-state index in [1.54, 1.807) is 11.0 Å². The molecule has 2 aliphatic rings. The molecule has 1 heterocycles. The van der Waals surface area contributed by atoms with Gasteiger partial charge in [-0.15, -0.1) is 0 Å². The summed E-state index contributed by atoms with van der Waals surface area (Å²) in [5.41, 5.74) is -1.66. The van der Waals surface area contributed by atoms with Crippen molar-refractivity contribution in [1.82, 2.24) is 4.90 Å². The molecule has 21 heavy (non-hydrogen) atoms. The van der Waals surface area contributed by atoms with E-state index in [4.69, 9.17) is 11.6 Å². The fourth-order valence-electron chi connectivity index (χ4n) is 3.41. The van der Waals surface area contributed by atoms with Gasteiger partial charge in [0.1, 0.15) is 5.82 Å². The van der Waals surface area contributed by atoms with Gasteiger partial charge in [0.15, 0.2) is 0 Å². The molecule has 0 unspecified atom stereocenters. The maximum atomic E-state index is 13.1. The number of hydrogen-bond acceptors (Lipinski definition) is 3. The van der Waals surface area contributed by atoms with Crippen LogP contribution in [0.4, 0.5) is 4.39 Å². The van der Waals surface area contributed by atoms with Crippen molar-refractivity contribution in [2.24, 2.45) is 10.8 Å². The summed E-state index contributed by atoms with van der Waals surface area (Å²) in [6, 6.07) is 4.28. The van der Waals surface area contributed by atoms with Crippen LogP contribution in [0, 0.1) is 16.6 Å². The summed E-state index contributed by atoms with van der Waals surface area (Å²) in [6.45, 7) is 0.720. The Morgan fingerprint density at radius 3 is 2.29 bits per heavy atom. The zero-order valence-corrected chi connectivity index (χ0v) is 11.7. The highest BCUT2D eigenvalue weighted by molar-refractivity contribution is 6.30. The van der Waals surface area contributed by atoms with Crippen LogP contribution < -0.4 is 0 Å². The Balaban J connectivity index is 1.79. The molecule has 0 aromatic heterocycles. The summed E-state index contributed by atoms with van der Waals surface area (Å²) >= 11 is 5.71. The predicted molar refractivity (Wildman–Crippen MR) is 71.4 cm³/mol. The lowest BCUT2D eigenvalue weighted by molar-refractivity contribution is -0.151. The van der Waals surface area contributed by atoms with Crippen molar-refractivity contribution in [1.29, 1.82) is 0 Å². The summed E-state index contributed by atoms with van der Waals surface area (Å²) in [5, 5.41) is 18.7. The van der Waals surface area contributed by atoms with Gasteiger partial charge in [0.05, 0.1) is 15.9 Å². The van der Waals surface area contributed by atoms with E-state index in [0.29, 0.717) is 6.54 Å². The molecule has 1 aromatic rings. The number of carbonyl (C=O) groups is 2. The van der Waals surface area contributed by atoms with Gasteiger partial charge in [0.25, 0.3) is 0 Å². The number of aliphatic carboxylic acids is 2. The van der Waals surface area contributed by atoms with E-state index < -0.39 is 28.6 Å². The molecule has 1 saturated carbocycles. The highest BCUT2D eigenvalue weighted by Gasteiger charge is 2.80. The van der Waals surface area contributed by atoms with Crippen molar-refractivity contribution in [3.8, 4) is 0 Å². The van der Waals surface area contributed by atoms with Gasteiger partial charge in [-0.05, 0) is 24.1 Å². The summed E-state index contributed by atoms with van der Waals surface area (Å²) in [6.07, 6.45) is 0.172. The first-order chi connectivity index (χ1) is 9.80. The third kappa shape index (κ3) is 1.93. The summed E-state index contributed by atoms with van der Waals surface area (Å²) in [7, 11) is 0. The van der Waals surface area contributed by atoms with E-state index in [0.717, 1.165) is 5.56 Å². The Morgan fingerprint density at radius 1 is 1.24 bits per heavy atom. The second-order valence-electron chi connectivity index (χ2n) is 5.84. The first-order valence-electron chi connectivity index (χ1n) is 6.44. The number of halogens is 2. The van der Waals surface area contributed by atoms with Gasteiger partial charge in [0, 0.05) is 19.6 Å². The number of rotatable bonds is 4. The highest BCUT2D eigenvalue weighted by atomic mass is 35.5. The zero-order valence-electron chi connectivity index (χ0n) is 11.0. The summed E-state index contributed by atoms with van der Waals surface area (Å²) in [5.74, 6) is -2.65. The highest BCUT2D eigenvalue weighted by Crippen LogP contribution is 2.68. The number of benzene rings is 1. The van der Waals surface area contributed by atoms with Gasteiger partial charge in [0.2, 0.25) is 0 Å². The minimum atomic E-state index is -1.19. The van der Waals surface area contributed by atoms with Crippen LogP contribution in [0.5, 0.6) is 0 Å². The second-order valence-corrected chi connectivity index (χ2v) is 6.25. The Bertz CT molecular complexity index is 624. The van der Waals surface area contributed by atoms with Gasteiger partial charge in [-0.3, -0.25) is 14.5 Å². The number of hydrogen-bond donors (Lipinski definition) is 2. The fourth-order valence-corrected chi connectivity index (χ4v) is 3.61. The molecule has 7 heteroatoms. The molecule has 1 aliphatic heterocycles. The average Bonchev–Trinajstić information content (AvgIpc) is 2.94. The van der Waals surface area contributed by atoms with Crippen LogP contribution in [0.3, 0.4) is 0 Å². The Hall–Kier alpha value is -1.66. The van der Waals surface area contributed by atoms with Gasteiger partial charge < -0.3 is 10.2 Å². The largest absolute Gasteiger partial charge is 0.481 e. The van der Waals surface area contributed by atoms with Crippen LogP contribution in [-0.2, 0) is 16.1 Å². The second kappa shape index (κ2) is 4.42. The van der Waals surface area contributed by atoms with Gasteiger partial charge in [-0.1, -0.05) is 17.7 Å². The molecule has 112 valence electrons. The van der Waals surface area contributed by atoms with Gasteiger partial charge >= 0.3 is 11.9 Å². The van der Waals surface area contributed by atoms with Crippen LogP contribution in [0.25, 0.3) is 0 Å². The maximum absolute atomic E-state index is 13.1. The smallest absolute Gasteiger partial charge is 0.312 e. The van der Waals surface area contributed by atoms with Crippen molar-refractivity contribution in [3.63, 3.8) is 0 Å². The average molecular weight is 314 g/mol. The molecular formula is C14H13ClFNO4. The molecular weight excluding hydrogens is 301 g/mol. The standard InChI is InChI=1S/C14H13ClFNO4/c15-9-3-8(1-2-10(9)16)4-17-6-13(11(18)19)5-14(13,7-17)12(20)21/h1-3H,4-7H2,(H,18,19)(H,20,21)/t13-,14+. The molecule has 0 bridgehead atoms. The molecule has 2 atom stereocenters. The van der Waals surface area contributed by atoms with E-state index >= 15 is 0 Å².